The molecule has 0 aliphatic rings. The monoisotopic (exact) mass is 392 g/mol. The minimum atomic E-state index is -0.349. The zero-order chi connectivity index (χ0) is 19.5. The van der Waals surface area contributed by atoms with E-state index in [0.717, 1.165) is 27.9 Å². The second kappa shape index (κ2) is 7.72. The van der Waals surface area contributed by atoms with Gasteiger partial charge in [0, 0.05) is 21.7 Å². The summed E-state index contributed by atoms with van der Waals surface area (Å²) < 4.78 is 5.81. The predicted molar refractivity (Wildman–Crippen MR) is 109 cm³/mol. The molecule has 0 saturated heterocycles. The van der Waals surface area contributed by atoms with Crippen LogP contribution in [0.5, 0.6) is 5.75 Å². The van der Waals surface area contributed by atoms with Crippen molar-refractivity contribution in [3.8, 4) is 17.1 Å². The average molecular weight is 393 g/mol. The summed E-state index contributed by atoms with van der Waals surface area (Å²) in [6.45, 7) is 0.398. The molecule has 4 rings (SSSR count). The van der Waals surface area contributed by atoms with Gasteiger partial charge in [0.15, 0.2) is 0 Å². The van der Waals surface area contributed by atoms with Crippen molar-refractivity contribution in [1.82, 2.24) is 15.4 Å². The highest BCUT2D eigenvalue weighted by Gasteiger charge is 2.09. The Balaban J connectivity index is 1.52. The average Bonchev–Trinajstić information content (AvgIpc) is 3.16. The zero-order valence-corrected chi connectivity index (χ0v) is 15.5. The minimum Gasteiger partial charge on any atom is -0.489 e. The van der Waals surface area contributed by atoms with Crippen molar-refractivity contribution in [3.05, 3.63) is 82.9 Å². The lowest BCUT2D eigenvalue weighted by Gasteiger charge is -2.08. The molecule has 7 heteroatoms. The molecule has 1 heterocycles. The van der Waals surface area contributed by atoms with E-state index in [0.29, 0.717) is 23.0 Å². The van der Waals surface area contributed by atoms with Gasteiger partial charge >= 0.3 is 0 Å². The fourth-order valence-electron chi connectivity index (χ4n) is 2.86. The smallest absolute Gasteiger partial charge is 0.265 e. The molecule has 0 saturated carbocycles. The van der Waals surface area contributed by atoms with E-state index in [2.05, 4.69) is 15.4 Å². The summed E-state index contributed by atoms with van der Waals surface area (Å²) in [5.74, 6) is 6.28. The van der Waals surface area contributed by atoms with Crippen molar-refractivity contribution in [2.24, 2.45) is 5.84 Å². The van der Waals surface area contributed by atoms with E-state index in [9.17, 15) is 4.79 Å². The van der Waals surface area contributed by atoms with E-state index in [4.69, 9.17) is 22.2 Å². The van der Waals surface area contributed by atoms with Crippen molar-refractivity contribution in [2.75, 3.05) is 0 Å². The number of benzene rings is 3. The van der Waals surface area contributed by atoms with Gasteiger partial charge in [-0.05, 0) is 48.5 Å². The van der Waals surface area contributed by atoms with Gasteiger partial charge < -0.3 is 9.72 Å². The number of imidazole rings is 1. The van der Waals surface area contributed by atoms with E-state index < -0.39 is 0 Å². The Morgan fingerprint density at radius 2 is 1.89 bits per heavy atom. The number of hydrogen-bond donors (Lipinski definition) is 3. The molecule has 0 fully saturated rings. The number of ether oxygens (including phenoxy) is 1. The third kappa shape index (κ3) is 3.69. The number of aromatic nitrogens is 2. The van der Waals surface area contributed by atoms with Crippen LogP contribution in [0.4, 0.5) is 0 Å². The number of carbonyl (C=O) groups excluding carboxylic acids is 1. The van der Waals surface area contributed by atoms with Crippen molar-refractivity contribution in [3.63, 3.8) is 0 Å². The highest BCUT2D eigenvalue weighted by atomic mass is 35.5. The fraction of sp³-hybridized carbons (Fsp3) is 0.0476. The van der Waals surface area contributed by atoms with Crippen molar-refractivity contribution < 1.29 is 9.53 Å². The maximum Gasteiger partial charge on any atom is 0.265 e. The van der Waals surface area contributed by atoms with Crippen LogP contribution in [0.1, 0.15) is 15.9 Å². The Morgan fingerprint density at radius 1 is 1.11 bits per heavy atom. The predicted octanol–water partition coefficient (Wildman–Crippen LogP) is 4.07. The summed E-state index contributed by atoms with van der Waals surface area (Å²) in [5, 5.41) is 0.684. The molecule has 0 aliphatic heterocycles. The SMILES string of the molecule is NNC(=O)c1ccc2nc(-c3ccc(OCc4ccccc4Cl)cc3)[nH]c2c1. The molecule has 0 radical (unpaired) electrons. The number of rotatable bonds is 5. The van der Waals surface area contributed by atoms with Gasteiger partial charge in [0.1, 0.15) is 18.2 Å². The van der Waals surface area contributed by atoms with Crippen LogP contribution >= 0.6 is 11.6 Å². The lowest BCUT2D eigenvalue weighted by atomic mass is 10.2. The lowest BCUT2D eigenvalue weighted by Crippen LogP contribution is -2.29. The van der Waals surface area contributed by atoms with Crippen LogP contribution in [0, 0.1) is 0 Å². The number of hydrogen-bond acceptors (Lipinski definition) is 4. The molecule has 0 spiro atoms. The minimum absolute atomic E-state index is 0.349. The second-order valence-electron chi connectivity index (χ2n) is 6.20. The van der Waals surface area contributed by atoms with E-state index in [1.807, 2.05) is 48.5 Å². The number of carbonyl (C=O) groups is 1. The Kier molecular flexibility index (Phi) is 4.97. The van der Waals surface area contributed by atoms with Gasteiger partial charge in [0.25, 0.3) is 5.91 Å². The number of H-pyrrole nitrogens is 1. The van der Waals surface area contributed by atoms with Gasteiger partial charge in [-0.2, -0.15) is 0 Å². The van der Waals surface area contributed by atoms with Gasteiger partial charge in [-0.25, -0.2) is 10.8 Å². The number of nitrogen functional groups attached to an aromatic ring is 1. The second-order valence-corrected chi connectivity index (χ2v) is 6.60. The number of amides is 1. The maximum absolute atomic E-state index is 11.7. The summed E-state index contributed by atoms with van der Waals surface area (Å²) in [5.41, 5.74) is 5.96. The Bertz CT molecular complexity index is 1140. The van der Waals surface area contributed by atoms with E-state index in [1.54, 1.807) is 18.2 Å². The molecule has 0 bridgehead atoms. The number of nitrogens with one attached hydrogen (secondary N) is 2. The van der Waals surface area contributed by atoms with Crippen LogP contribution in [0.15, 0.2) is 66.7 Å². The first-order valence-electron chi connectivity index (χ1n) is 8.61. The highest BCUT2D eigenvalue weighted by molar-refractivity contribution is 6.31. The normalized spacial score (nSPS) is 10.8. The molecular weight excluding hydrogens is 376 g/mol. The Morgan fingerprint density at radius 3 is 2.64 bits per heavy atom. The van der Waals surface area contributed by atoms with Gasteiger partial charge in [-0.15, -0.1) is 0 Å². The van der Waals surface area contributed by atoms with Crippen molar-refractivity contribution >= 4 is 28.5 Å². The molecule has 1 aromatic heterocycles. The first-order valence-corrected chi connectivity index (χ1v) is 8.99. The Hall–Kier alpha value is -3.35. The van der Waals surface area contributed by atoms with Crippen LogP contribution in [0.3, 0.4) is 0 Å². The molecule has 4 aromatic rings. The van der Waals surface area contributed by atoms with Crippen molar-refractivity contribution in [2.45, 2.75) is 6.61 Å². The number of nitrogens with two attached hydrogens (primary N) is 1. The first-order chi connectivity index (χ1) is 13.6. The topological polar surface area (TPSA) is 93.0 Å². The van der Waals surface area contributed by atoms with E-state index in [1.165, 1.54) is 0 Å². The molecule has 3 aromatic carbocycles. The highest BCUT2D eigenvalue weighted by Crippen LogP contribution is 2.24. The van der Waals surface area contributed by atoms with Crippen LogP contribution in [-0.2, 0) is 6.61 Å². The summed E-state index contributed by atoms with van der Waals surface area (Å²) in [7, 11) is 0. The summed E-state index contributed by atoms with van der Waals surface area (Å²) in [6.07, 6.45) is 0. The quantitative estimate of drug-likeness (QED) is 0.271. The molecule has 6 nitrogen and oxygen atoms in total. The summed E-state index contributed by atoms with van der Waals surface area (Å²) in [6, 6.07) is 20.4. The molecule has 1 amide bonds. The van der Waals surface area contributed by atoms with E-state index >= 15 is 0 Å². The number of hydrazine groups is 1. The fourth-order valence-corrected chi connectivity index (χ4v) is 3.05. The summed E-state index contributed by atoms with van der Waals surface area (Å²) in [4.78, 5) is 19.5. The van der Waals surface area contributed by atoms with Gasteiger partial charge in [-0.3, -0.25) is 10.2 Å². The summed E-state index contributed by atoms with van der Waals surface area (Å²) >= 11 is 6.15. The molecule has 0 aliphatic carbocycles. The largest absolute Gasteiger partial charge is 0.489 e. The van der Waals surface area contributed by atoms with Crippen LogP contribution < -0.4 is 16.0 Å². The van der Waals surface area contributed by atoms with E-state index in [-0.39, 0.29) is 5.91 Å². The zero-order valence-electron chi connectivity index (χ0n) is 14.8. The van der Waals surface area contributed by atoms with Crippen LogP contribution in [0.25, 0.3) is 22.4 Å². The third-order valence-corrected chi connectivity index (χ3v) is 4.72. The number of aromatic amines is 1. The van der Waals surface area contributed by atoms with Crippen molar-refractivity contribution in [1.29, 1.82) is 0 Å². The third-order valence-electron chi connectivity index (χ3n) is 4.36. The van der Waals surface area contributed by atoms with Gasteiger partial charge in [0.05, 0.1) is 11.0 Å². The van der Waals surface area contributed by atoms with Gasteiger partial charge in [0.2, 0.25) is 0 Å². The Labute approximate surface area is 166 Å². The standard InChI is InChI=1S/C21H17ClN4O2/c22-17-4-2-1-3-15(17)12-28-16-8-5-13(6-9-16)20-24-18-10-7-14(21(27)26-23)11-19(18)25-20/h1-11H,12,23H2,(H,24,25)(H,26,27). The van der Waals surface area contributed by atoms with Crippen LogP contribution in [-0.4, -0.2) is 15.9 Å². The molecule has 28 heavy (non-hydrogen) atoms. The lowest BCUT2D eigenvalue weighted by molar-refractivity contribution is 0.0954. The van der Waals surface area contributed by atoms with Gasteiger partial charge in [-0.1, -0.05) is 29.8 Å². The molecular formula is C21H17ClN4O2. The first kappa shape index (κ1) is 18.0. The molecule has 140 valence electrons. The number of nitrogens with zero attached hydrogens (tertiary/aromatic N) is 1. The number of halogens is 1. The van der Waals surface area contributed by atoms with Crippen LogP contribution in [0.2, 0.25) is 5.02 Å². The number of fused-ring (bicyclic) bond motifs is 1. The molecule has 0 atom stereocenters. The molecule has 0 unspecified atom stereocenters. The molecule has 4 N–H and O–H groups in total. The maximum atomic E-state index is 11.7.